The first-order chi connectivity index (χ1) is 19.9. The number of nitrogens with one attached hydrogen (secondary N) is 2. The van der Waals surface area contributed by atoms with Crippen LogP contribution in [0.4, 0.5) is 28.4 Å². The van der Waals surface area contributed by atoms with Gasteiger partial charge in [-0.1, -0.05) is 24.3 Å². The van der Waals surface area contributed by atoms with Gasteiger partial charge in [0.25, 0.3) is 0 Å². The highest BCUT2D eigenvalue weighted by molar-refractivity contribution is 5.95. The fraction of sp³-hybridized carbons (Fsp3) is 0.433. The third-order valence-electron chi connectivity index (χ3n) is 7.56. The van der Waals surface area contributed by atoms with Gasteiger partial charge in [-0.25, -0.2) is 14.4 Å². The Kier molecular flexibility index (Phi) is 9.45. The van der Waals surface area contributed by atoms with Crippen molar-refractivity contribution in [3.63, 3.8) is 0 Å². The molecule has 0 radical (unpaired) electrons. The molecule has 2 aromatic carbocycles. The maximum absolute atomic E-state index is 13.4. The standard InChI is InChI=1S/C30H36F3N5O4/c1-5-37-24(25(27(39)42-6-2)26(35-29(37)41)23-10-8-7-9-19(23)3)18-36-15-16-38(20(4)17-36)28(40)34-22-13-11-21(12-14-22)30(31,32)33/h7-14,20,26H,5-6,15-18H2,1-4H3,(H,34,40)(H,35,41)/t20-,26+/m1/s1. The number of likely N-dealkylation sites (N-methyl/N-ethyl adjacent to an activating group) is 1. The SMILES string of the molecule is CCOC(=O)C1=C(CN2CCN(C(=O)Nc3ccc(C(F)(F)F)cc3)[C@H](C)C2)N(CC)C(=O)N[C@H]1c1ccccc1C. The molecule has 12 heteroatoms. The number of amides is 4. The summed E-state index contributed by atoms with van der Waals surface area (Å²) in [7, 11) is 0. The van der Waals surface area contributed by atoms with Gasteiger partial charge in [0, 0.05) is 50.2 Å². The van der Waals surface area contributed by atoms with Crippen LogP contribution in [0.25, 0.3) is 0 Å². The van der Waals surface area contributed by atoms with Crippen LogP contribution in [-0.4, -0.2) is 78.1 Å². The highest BCUT2D eigenvalue weighted by Crippen LogP contribution is 2.34. The molecule has 4 amide bonds. The molecule has 9 nitrogen and oxygen atoms in total. The fourth-order valence-corrected chi connectivity index (χ4v) is 5.43. The van der Waals surface area contributed by atoms with Crippen molar-refractivity contribution in [2.24, 2.45) is 0 Å². The van der Waals surface area contributed by atoms with E-state index in [0.717, 1.165) is 23.3 Å². The molecule has 0 aromatic heterocycles. The Morgan fingerprint density at radius 2 is 1.76 bits per heavy atom. The van der Waals surface area contributed by atoms with Crippen LogP contribution >= 0.6 is 0 Å². The second-order valence-corrected chi connectivity index (χ2v) is 10.3. The molecule has 2 heterocycles. The Bertz CT molecular complexity index is 1350. The molecule has 0 bridgehead atoms. The zero-order chi connectivity index (χ0) is 30.6. The molecular formula is C30H36F3N5O4. The smallest absolute Gasteiger partial charge is 0.416 e. The lowest BCUT2D eigenvalue weighted by molar-refractivity contribution is -0.139. The first kappa shape index (κ1) is 30.9. The zero-order valence-electron chi connectivity index (χ0n) is 24.1. The number of piperazine rings is 1. The van der Waals surface area contributed by atoms with E-state index >= 15 is 0 Å². The van der Waals surface area contributed by atoms with E-state index in [2.05, 4.69) is 15.5 Å². The third kappa shape index (κ3) is 6.70. The Labute approximate surface area is 243 Å². The van der Waals surface area contributed by atoms with Crippen molar-refractivity contribution >= 4 is 23.7 Å². The number of alkyl halides is 3. The summed E-state index contributed by atoms with van der Waals surface area (Å²) < 4.78 is 44.1. The summed E-state index contributed by atoms with van der Waals surface area (Å²) in [5, 5.41) is 5.66. The maximum atomic E-state index is 13.4. The number of carbonyl (C=O) groups excluding carboxylic acids is 3. The minimum absolute atomic E-state index is 0.180. The van der Waals surface area contributed by atoms with Crippen molar-refractivity contribution in [1.29, 1.82) is 0 Å². The molecule has 226 valence electrons. The molecule has 42 heavy (non-hydrogen) atoms. The van der Waals surface area contributed by atoms with Crippen molar-refractivity contribution in [2.45, 2.75) is 46.0 Å². The molecule has 2 N–H and O–H groups in total. The summed E-state index contributed by atoms with van der Waals surface area (Å²) in [6.45, 7) is 9.43. The number of rotatable bonds is 7. The number of hydrogen-bond acceptors (Lipinski definition) is 5. The Hall–Kier alpha value is -4.06. The van der Waals surface area contributed by atoms with Gasteiger partial charge in [-0.15, -0.1) is 0 Å². The molecule has 0 unspecified atom stereocenters. The quantitative estimate of drug-likeness (QED) is 0.437. The summed E-state index contributed by atoms with van der Waals surface area (Å²) in [5.41, 5.74) is 2.14. The van der Waals surface area contributed by atoms with Crippen LogP contribution < -0.4 is 10.6 Å². The van der Waals surface area contributed by atoms with Gasteiger partial charge in [0.15, 0.2) is 0 Å². The lowest BCUT2D eigenvalue weighted by Crippen LogP contribution is -2.57. The van der Waals surface area contributed by atoms with E-state index in [0.29, 0.717) is 37.4 Å². The topological polar surface area (TPSA) is 94.2 Å². The molecule has 1 saturated heterocycles. The molecule has 2 aliphatic rings. The van der Waals surface area contributed by atoms with Crippen molar-refractivity contribution < 1.29 is 32.3 Å². The van der Waals surface area contributed by atoms with Gasteiger partial charge in [-0.05, 0) is 63.1 Å². The van der Waals surface area contributed by atoms with Crippen molar-refractivity contribution in [1.82, 2.24) is 20.0 Å². The Morgan fingerprint density at radius 3 is 2.36 bits per heavy atom. The molecule has 0 spiro atoms. The van der Waals surface area contributed by atoms with Gasteiger partial charge in [0.05, 0.1) is 23.8 Å². The molecule has 0 aliphatic carbocycles. The molecule has 2 atom stereocenters. The molecule has 1 fully saturated rings. The lowest BCUT2D eigenvalue weighted by atomic mass is 9.91. The van der Waals surface area contributed by atoms with Crippen LogP contribution in [0.15, 0.2) is 59.8 Å². The summed E-state index contributed by atoms with van der Waals surface area (Å²) in [6, 6.07) is 10.2. The normalized spacial score (nSPS) is 19.9. The summed E-state index contributed by atoms with van der Waals surface area (Å²) in [5.74, 6) is -0.498. The minimum Gasteiger partial charge on any atom is -0.463 e. The van der Waals surface area contributed by atoms with Gasteiger partial charge < -0.3 is 20.3 Å². The van der Waals surface area contributed by atoms with Crippen LogP contribution in [0.2, 0.25) is 0 Å². The Balaban J connectivity index is 1.54. The number of aryl methyl sites for hydroxylation is 1. The monoisotopic (exact) mass is 587 g/mol. The maximum Gasteiger partial charge on any atom is 0.416 e. The molecule has 2 aromatic rings. The molecular weight excluding hydrogens is 551 g/mol. The number of halogens is 3. The molecule has 2 aliphatic heterocycles. The largest absolute Gasteiger partial charge is 0.463 e. The van der Waals surface area contributed by atoms with E-state index in [4.69, 9.17) is 4.74 Å². The van der Waals surface area contributed by atoms with Gasteiger partial charge in [0.2, 0.25) is 0 Å². The predicted octanol–water partition coefficient (Wildman–Crippen LogP) is 5.16. The third-order valence-corrected chi connectivity index (χ3v) is 7.56. The highest BCUT2D eigenvalue weighted by atomic mass is 19.4. The van der Waals surface area contributed by atoms with Gasteiger partial charge in [0.1, 0.15) is 0 Å². The minimum atomic E-state index is -4.46. The van der Waals surface area contributed by atoms with Gasteiger partial charge in [-0.2, -0.15) is 13.2 Å². The number of urea groups is 2. The van der Waals surface area contributed by atoms with E-state index in [1.165, 1.54) is 12.1 Å². The van der Waals surface area contributed by atoms with E-state index in [1.807, 2.05) is 45.0 Å². The number of anilines is 1. The molecule has 4 rings (SSSR count). The van der Waals surface area contributed by atoms with E-state index in [9.17, 15) is 27.6 Å². The number of carbonyl (C=O) groups is 3. The van der Waals surface area contributed by atoms with Gasteiger partial charge >= 0.3 is 24.2 Å². The Morgan fingerprint density at radius 1 is 1.07 bits per heavy atom. The van der Waals surface area contributed by atoms with Crippen molar-refractivity contribution in [3.8, 4) is 0 Å². The number of esters is 1. The fourth-order valence-electron chi connectivity index (χ4n) is 5.43. The second kappa shape index (κ2) is 12.8. The first-order valence-electron chi connectivity index (χ1n) is 14.0. The van der Waals surface area contributed by atoms with Crippen LogP contribution in [0.3, 0.4) is 0 Å². The summed E-state index contributed by atoms with van der Waals surface area (Å²) in [4.78, 5) is 44.8. The number of nitrogens with zero attached hydrogens (tertiary/aromatic N) is 3. The van der Waals surface area contributed by atoms with Crippen LogP contribution in [-0.2, 0) is 15.7 Å². The van der Waals surface area contributed by atoms with E-state index in [-0.39, 0.29) is 30.9 Å². The number of benzene rings is 2. The van der Waals surface area contributed by atoms with E-state index in [1.54, 1.807) is 16.7 Å². The lowest BCUT2D eigenvalue weighted by Gasteiger charge is -2.43. The summed E-state index contributed by atoms with van der Waals surface area (Å²) in [6.07, 6.45) is -4.46. The number of hydrogen-bond donors (Lipinski definition) is 2. The van der Waals surface area contributed by atoms with Crippen LogP contribution in [0, 0.1) is 6.92 Å². The number of ether oxygens (including phenoxy) is 1. The van der Waals surface area contributed by atoms with Crippen molar-refractivity contribution in [2.75, 3.05) is 44.6 Å². The van der Waals surface area contributed by atoms with Gasteiger partial charge in [-0.3, -0.25) is 9.80 Å². The highest BCUT2D eigenvalue weighted by Gasteiger charge is 2.39. The zero-order valence-corrected chi connectivity index (χ0v) is 24.1. The van der Waals surface area contributed by atoms with Crippen molar-refractivity contribution in [3.05, 3.63) is 76.5 Å². The predicted molar refractivity (Wildman–Crippen MR) is 152 cm³/mol. The van der Waals surface area contributed by atoms with Crippen LogP contribution in [0.5, 0.6) is 0 Å². The average Bonchev–Trinajstić information content (AvgIpc) is 2.93. The molecule has 0 saturated carbocycles. The second-order valence-electron chi connectivity index (χ2n) is 10.3. The summed E-state index contributed by atoms with van der Waals surface area (Å²) >= 11 is 0. The first-order valence-corrected chi connectivity index (χ1v) is 14.0. The average molecular weight is 588 g/mol. The van der Waals surface area contributed by atoms with Crippen LogP contribution in [0.1, 0.15) is 43.5 Å². The van der Waals surface area contributed by atoms with E-state index < -0.39 is 29.8 Å².